The van der Waals surface area contributed by atoms with Crippen LogP contribution in [0.4, 0.5) is 0 Å². The lowest BCUT2D eigenvalue weighted by Crippen LogP contribution is -2.31. The van der Waals surface area contributed by atoms with E-state index in [9.17, 15) is 4.79 Å². The summed E-state index contributed by atoms with van der Waals surface area (Å²) in [5.41, 5.74) is 5.35. The van der Waals surface area contributed by atoms with Gasteiger partial charge in [0.05, 0.1) is 6.04 Å². The van der Waals surface area contributed by atoms with Gasteiger partial charge in [-0.15, -0.1) is 0 Å². The molecule has 0 saturated carbocycles. The van der Waals surface area contributed by atoms with Gasteiger partial charge in [0.15, 0.2) is 5.78 Å². The molecular weight excluding hydrogens is 128 g/mol. The van der Waals surface area contributed by atoms with Gasteiger partial charge in [-0.25, -0.2) is 0 Å². The monoisotopic (exact) mass is 142 g/mol. The van der Waals surface area contributed by atoms with Gasteiger partial charge in [-0.3, -0.25) is 9.69 Å². The van der Waals surface area contributed by atoms with Gasteiger partial charge in [0.1, 0.15) is 0 Å². The summed E-state index contributed by atoms with van der Waals surface area (Å²) in [4.78, 5) is 13.2. The van der Waals surface area contributed by atoms with Crippen molar-refractivity contribution in [2.75, 3.05) is 20.1 Å². The molecule has 0 radical (unpaired) electrons. The number of carbonyl (C=O) groups is 1. The minimum Gasteiger partial charge on any atom is -0.330 e. The minimum atomic E-state index is 0.116. The second kappa shape index (κ2) is 3.12. The first kappa shape index (κ1) is 7.69. The number of nitrogens with zero attached hydrogens (tertiary/aromatic N) is 1. The first-order valence-electron chi connectivity index (χ1n) is 3.68. The molecule has 0 amide bonds. The van der Waals surface area contributed by atoms with Crippen molar-refractivity contribution in [1.82, 2.24) is 4.90 Å². The van der Waals surface area contributed by atoms with E-state index >= 15 is 0 Å². The Kier molecular flexibility index (Phi) is 2.40. The van der Waals surface area contributed by atoms with Crippen molar-refractivity contribution in [3.63, 3.8) is 0 Å². The molecule has 10 heavy (non-hydrogen) atoms. The predicted molar refractivity (Wildman–Crippen MR) is 39.7 cm³/mol. The third-order valence-electron chi connectivity index (χ3n) is 2.05. The van der Waals surface area contributed by atoms with Crippen LogP contribution in [0.5, 0.6) is 0 Å². The highest BCUT2D eigenvalue weighted by Crippen LogP contribution is 2.12. The van der Waals surface area contributed by atoms with Gasteiger partial charge in [0.25, 0.3) is 0 Å². The van der Waals surface area contributed by atoms with Gasteiger partial charge in [-0.2, -0.15) is 0 Å². The average molecular weight is 142 g/mol. The number of likely N-dealkylation sites (N-methyl/N-ethyl adjacent to an activating group) is 1. The summed E-state index contributed by atoms with van der Waals surface area (Å²) in [5, 5.41) is 0. The maximum absolute atomic E-state index is 11.1. The molecule has 1 unspecified atom stereocenters. The molecule has 0 aromatic rings. The summed E-state index contributed by atoms with van der Waals surface area (Å²) in [7, 11) is 1.98. The normalized spacial score (nSPS) is 27.8. The van der Waals surface area contributed by atoms with E-state index in [1.165, 1.54) is 0 Å². The van der Waals surface area contributed by atoms with E-state index < -0.39 is 0 Å². The van der Waals surface area contributed by atoms with Crippen LogP contribution in [-0.4, -0.2) is 36.9 Å². The number of hydrogen-bond acceptors (Lipinski definition) is 3. The van der Waals surface area contributed by atoms with Crippen molar-refractivity contribution < 1.29 is 4.79 Å². The van der Waals surface area contributed by atoms with E-state index in [4.69, 9.17) is 5.73 Å². The number of carbonyl (C=O) groups excluding carboxylic acids is 1. The molecule has 1 heterocycles. The fourth-order valence-corrected chi connectivity index (χ4v) is 1.39. The lowest BCUT2D eigenvalue weighted by Gasteiger charge is -2.15. The van der Waals surface area contributed by atoms with Crippen molar-refractivity contribution in [1.29, 1.82) is 0 Å². The zero-order valence-electron chi connectivity index (χ0n) is 6.34. The van der Waals surface area contributed by atoms with Crippen LogP contribution >= 0.6 is 0 Å². The molecule has 0 aliphatic carbocycles. The second-order valence-electron chi connectivity index (χ2n) is 2.79. The third kappa shape index (κ3) is 1.36. The summed E-state index contributed by atoms with van der Waals surface area (Å²) in [6.07, 6.45) is 1.52. The molecule has 0 bridgehead atoms. The zero-order chi connectivity index (χ0) is 7.56. The highest BCUT2D eigenvalue weighted by Gasteiger charge is 2.28. The number of nitrogens with two attached hydrogens (primary N) is 1. The number of rotatable bonds is 2. The SMILES string of the molecule is CN1CCC(=O)C1CCN. The fraction of sp³-hybridized carbons (Fsp3) is 0.857. The third-order valence-corrected chi connectivity index (χ3v) is 2.05. The number of Topliss-reactive ketones (excluding diaryl/α,β-unsaturated/α-hetero) is 1. The first-order valence-corrected chi connectivity index (χ1v) is 3.68. The molecule has 1 atom stereocenters. The van der Waals surface area contributed by atoms with Crippen molar-refractivity contribution in [3.8, 4) is 0 Å². The van der Waals surface area contributed by atoms with Crippen molar-refractivity contribution >= 4 is 5.78 Å². The Morgan fingerprint density at radius 1 is 1.80 bits per heavy atom. The van der Waals surface area contributed by atoms with E-state index in [0.717, 1.165) is 13.0 Å². The molecule has 0 spiro atoms. The van der Waals surface area contributed by atoms with Crippen LogP contribution in [-0.2, 0) is 4.79 Å². The van der Waals surface area contributed by atoms with E-state index in [0.29, 0.717) is 18.7 Å². The Labute approximate surface area is 61.2 Å². The smallest absolute Gasteiger partial charge is 0.151 e. The van der Waals surface area contributed by atoms with Crippen molar-refractivity contribution in [2.24, 2.45) is 5.73 Å². The zero-order valence-corrected chi connectivity index (χ0v) is 6.34. The van der Waals surface area contributed by atoms with Crippen molar-refractivity contribution in [3.05, 3.63) is 0 Å². The standard InChI is InChI=1S/C7H14N2O/c1-9-5-3-7(10)6(9)2-4-8/h6H,2-5,8H2,1H3. The van der Waals surface area contributed by atoms with Gasteiger partial charge in [0.2, 0.25) is 0 Å². The Morgan fingerprint density at radius 3 is 2.90 bits per heavy atom. The maximum atomic E-state index is 11.1. The van der Waals surface area contributed by atoms with Crippen molar-refractivity contribution in [2.45, 2.75) is 18.9 Å². The molecule has 3 heteroatoms. The molecule has 1 rings (SSSR count). The van der Waals surface area contributed by atoms with E-state index in [1.54, 1.807) is 0 Å². The molecule has 2 N–H and O–H groups in total. The predicted octanol–water partition coefficient (Wildman–Crippen LogP) is -0.392. The average Bonchev–Trinajstić information content (AvgIpc) is 2.20. The topological polar surface area (TPSA) is 46.3 Å². The number of hydrogen-bond donors (Lipinski definition) is 1. The molecule has 0 aromatic heterocycles. The molecule has 1 fully saturated rings. The van der Waals surface area contributed by atoms with Crippen LogP contribution < -0.4 is 5.73 Å². The summed E-state index contributed by atoms with van der Waals surface area (Å²) in [5.74, 6) is 0.355. The molecule has 1 aliphatic rings. The summed E-state index contributed by atoms with van der Waals surface area (Å²) in [6, 6.07) is 0.116. The minimum absolute atomic E-state index is 0.116. The van der Waals surface area contributed by atoms with Crippen LogP contribution in [0.25, 0.3) is 0 Å². The Hall–Kier alpha value is -0.410. The van der Waals surface area contributed by atoms with Gasteiger partial charge >= 0.3 is 0 Å². The van der Waals surface area contributed by atoms with E-state index in [2.05, 4.69) is 4.90 Å². The largest absolute Gasteiger partial charge is 0.330 e. The lowest BCUT2D eigenvalue weighted by atomic mass is 10.1. The summed E-state index contributed by atoms with van der Waals surface area (Å²) >= 11 is 0. The fourth-order valence-electron chi connectivity index (χ4n) is 1.39. The highest BCUT2D eigenvalue weighted by molar-refractivity contribution is 5.86. The first-order chi connectivity index (χ1) is 4.75. The van der Waals surface area contributed by atoms with E-state index in [1.807, 2.05) is 7.05 Å². The van der Waals surface area contributed by atoms with Gasteiger partial charge in [0, 0.05) is 13.0 Å². The van der Waals surface area contributed by atoms with E-state index in [-0.39, 0.29) is 6.04 Å². The molecule has 3 nitrogen and oxygen atoms in total. The Morgan fingerprint density at radius 2 is 2.50 bits per heavy atom. The van der Waals surface area contributed by atoms with Crippen LogP contribution in [0.3, 0.4) is 0 Å². The van der Waals surface area contributed by atoms with Gasteiger partial charge in [-0.05, 0) is 20.0 Å². The molecule has 1 saturated heterocycles. The molecule has 58 valence electrons. The lowest BCUT2D eigenvalue weighted by molar-refractivity contribution is -0.119. The Bertz CT molecular complexity index is 136. The van der Waals surface area contributed by atoms with Crippen LogP contribution in [0, 0.1) is 0 Å². The van der Waals surface area contributed by atoms with Crippen LogP contribution in [0.2, 0.25) is 0 Å². The summed E-state index contributed by atoms with van der Waals surface area (Å²) in [6.45, 7) is 1.52. The molecular formula is C7H14N2O. The van der Waals surface area contributed by atoms with Crippen LogP contribution in [0.15, 0.2) is 0 Å². The molecule has 0 aromatic carbocycles. The van der Waals surface area contributed by atoms with Crippen LogP contribution in [0.1, 0.15) is 12.8 Å². The molecule has 1 aliphatic heterocycles. The number of likely N-dealkylation sites (tertiary alicyclic amines) is 1. The number of ketones is 1. The van der Waals surface area contributed by atoms with Gasteiger partial charge in [-0.1, -0.05) is 0 Å². The quantitative estimate of drug-likeness (QED) is 0.571. The second-order valence-corrected chi connectivity index (χ2v) is 2.79. The van der Waals surface area contributed by atoms with Gasteiger partial charge < -0.3 is 5.73 Å². The maximum Gasteiger partial charge on any atom is 0.151 e. The summed E-state index contributed by atoms with van der Waals surface area (Å²) < 4.78 is 0. The Balaban J connectivity index is 2.46. The highest BCUT2D eigenvalue weighted by atomic mass is 16.1.